The van der Waals surface area contributed by atoms with Gasteiger partial charge in [-0.2, -0.15) is 0 Å². The lowest BCUT2D eigenvalue weighted by Crippen LogP contribution is -2.53. The maximum atomic E-state index is 13.4. The van der Waals surface area contributed by atoms with Gasteiger partial charge in [-0.1, -0.05) is 36.4 Å². The molecule has 3 aliphatic rings. The fourth-order valence-electron chi connectivity index (χ4n) is 5.66. The number of hydrogen-bond donors (Lipinski definition) is 2. The van der Waals surface area contributed by atoms with E-state index in [-0.39, 0.29) is 11.4 Å². The molecule has 0 radical (unpaired) electrons. The average molecular weight is 462 g/mol. The Morgan fingerprint density at radius 2 is 0.794 bits per heavy atom. The third kappa shape index (κ3) is 2.81. The predicted molar refractivity (Wildman–Crippen MR) is 114 cm³/mol. The number of fused-ring (bicyclic) bond motifs is 2. The monoisotopic (exact) mass is 462 g/mol. The molecular weight excluding hydrogens is 444 g/mol. The molecule has 2 saturated heterocycles. The first-order chi connectivity index (χ1) is 16.3. The number of carboxylic acid groups (broad SMARTS) is 2. The zero-order chi connectivity index (χ0) is 24.3. The molecule has 2 aliphatic heterocycles. The highest BCUT2D eigenvalue weighted by atomic mass is 16.4. The van der Waals surface area contributed by atoms with Gasteiger partial charge in [0.05, 0.1) is 46.9 Å². The second-order valence-corrected chi connectivity index (χ2v) is 8.53. The maximum Gasteiger partial charge on any atom is 0.308 e. The largest absolute Gasteiger partial charge is 0.481 e. The molecular formula is C24H18N2O8. The van der Waals surface area contributed by atoms with Crippen LogP contribution in [0.2, 0.25) is 0 Å². The zero-order valence-corrected chi connectivity index (χ0v) is 17.5. The first-order valence-electron chi connectivity index (χ1n) is 10.6. The first kappa shape index (κ1) is 21.5. The van der Waals surface area contributed by atoms with Crippen molar-refractivity contribution in [2.24, 2.45) is 35.5 Å². The van der Waals surface area contributed by atoms with Gasteiger partial charge in [-0.15, -0.1) is 0 Å². The summed E-state index contributed by atoms with van der Waals surface area (Å²) in [6.07, 6.45) is 0. The number of hydrogen-bond acceptors (Lipinski definition) is 6. The van der Waals surface area contributed by atoms with E-state index in [9.17, 15) is 39.0 Å². The van der Waals surface area contributed by atoms with Crippen LogP contribution in [0.25, 0.3) is 0 Å². The highest BCUT2D eigenvalue weighted by molar-refractivity contribution is 6.28. The highest BCUT2D eigenvalue weighted by Gasteiger charge is 2.71. The van der Waals surface area contributed by atoms with Gasteiger partial charge in [0.1, 0.15) is 0 Å². The summed E-state index contributed by atoms with van der Waals surface area (Å²) in [5, 5.41) is 20.1. The van der Waals surface area contributed by atoms with Gasteiger partial charge in [0, 0.05) is 0 Å². The Labute approximate surface area is 192 Å². The molecule has 5 rings (SSSR count). The lowest BCUT2D eigenvalue weighted by molar-refractivity contribution is -0.167. The second kappa shape index (κ2) is 7.62. The van der Waals surface area contributed by atoms with Crippen LogP contribution in [0.1, 0.15) is 0 Å². The standard InChI is InChI=1S/C24H18N2O8/c27-19-13-14(20(28)25(19)11-7-3-1-4-8-11)18(24(33)34)16-15(17(13)23(31)32)21(29)26(22(16)30)12-9-5-2-6-10-12/h1-10,13-18H,(H,31,32)(H,33,34). The molecule has 4 atom stereocenters. The molecule has 1 saturated carbocycles. The SMILES string of the molecule is O=C(O)C1C2C(=O)N(c3ccccc3)C(=O)C2C(C(=O)O)C2C(=O)N(c3ccccc3)C(=O)C12. The first-order valence-corrected chi connectivity index (χ1v) is 10.6. The van der Waals surface area contributed by atoms with Crippen LogP contribution in [0.4, 0.5) is 11.4 Å². The summed E-state index contributed by atoms with van der Waals surface area (Å²) in [7, 11) is 0. The van der Waals surface area contributed by atoms with E-state index in [1.54, 1.807) is 36.4 Å². The van der Waals surface area contributed by atoms with E-state index >= 15 is 0 Å². The van der Waals surface area contributed by atoms with Gasteiger partial charge in [0.25, 0.3) is 0 Å². The number of benzene rings is 2. The lowest BCUT2D eigenvalue weighted by atomic mass is 9.58. The predicted octanol–water partition coefficient (Wildman–Crippen LogP) is 1.01. The summed E-state index contributed by atoms with van der Waals surface area (Å²) in [5.74, 6) is -16.5. The van der Waals surface area contributed by atoms with Gasteiger partial charge in [-0.3, -0.25) is 38.6 Å². The Morgan fingerprint density at radius 1 is 0.529 bits per heavy atom. The van der Waals surface area contributed by atoms with Gasteiger partial charge in [-0.25, -0.2) is 0 Å². The molecule has 2 N–H and O–H groups in total. The molecule has 2 aromatic carbocycles. The molecule has 0 spiro atoms. The Balaban J connectivity index is 1.67. The molecule has 2 aromatic rings. The van der Waals surface area contributed by atoms with E-state index in [0.717, 1.165) is 9.80 Å². The molecule has 10 nitrogen and oxygen atoms in total. The van der Waals surface area contributed by atoms with Crippen molar-refractivity contribution in [1.82, 2.24) is 0 Å². The van der Waals surface area contributed by atoms with Crippen molar-refractivity contribution < 1.29 is 39.0 Å². The Hall–Kier alpha value is -4.34. The number of carbonyl (C=O) groups is 6. The van der Waals surface area contributed by atoms with Gasteiger partial charge in [0.15, 0.2) is 0 Å². The van der Waals surface area contributed by atoms with Crippen LogP contribution in [0.15, 0.2) is 60.7 Å². The average Bonchev–Trinajstić information content (AvgIpc) is 3.23. The number of para-hydroxylation sites is 2. The number of imide groups is 2. The van der Waals surface area contributed by atoms with Crippen LogP contribution in [-0.4, -0.2) is 45.8 Å². The van der Waals surface area contributed by atoms with Crippen molar-refractivity contribution in [3.05, 3.63) is 60.7 Å². The number of anilines is 2. The topological polar surface area (TPSA) is 149 Å². The zero-order valence-electron chi connectivity index (χ0n) is 17.5. The van der Waals surface area contributed by atoms with Crippen molar-refractivity contribution in [3.8, 4) is 0 Å². The number of aliphatic carboxylic acids is 2. The molecule has 0 aromatic heterocycles. The normalized spacial score (nSPS) is 30.4. The summed E-state index contributed by atoms with van der Waals surface area (Å²) in [6, 6.07) is 15.5. The maximum absolute atomic E-state index is 13.4. The molecule has 34 heavy (non-hydrogen) atoms. The number of carbonyl (C=O) groups excluding carboxylic acids is 4. The van der Waals surface area contributed by atoms with Crippen molar-refractivity contribution in [2.45, 2.75) is 0 Å². The molecule has 3 fully saturated rings. The molecule has 172 valence electrons. The number of amides is 4. The number of carboxylic acids is 2. The lowest BCUT2D eigenvalue weighted by Gasteiger charge is -2.38. The van der Waals surface area contributed by atoms with Gasteiger partial charge in [-0.05, 0) is 24.3 Å². The molecule has 1 aliphatic carbocycles. The summed E-state index contributed by atoms with van der Waals surface area (Å²) in [5.41, 5.74) is 0.322. The molecule has 2 heterocycles. The van der Waals surface area contributed by atoms with Crippen LogP contribution < -0.4 is 9.80 Å². The van der Waals surface area contributed by atoms with Crippen molar-refractivity contribution in [2.75, 3.05) is 9.80 Å². The second-order valence-electron chi connectivity index (χ2n) is 8.53. The van der Waals surface area contributed by atoms with E-state index in [1.165, 1.54) is 24.3 Å². The third-order valence-electron chi connectivity index (χ3n) is 6.94. The highest BCUT2D eigenvalue weighted by Crippen LogP contribution is 2.55. The summed E-state index contributed by atoms with van der Waals surface area (Å²) in [6.45, 7) is 0. The van der Waals surface area contributed by atoms with Crippen LogP contribution in [0, 0.1) is 35.5 Å². The quantitative estimate of drug-likeness (QED) is 0.640. The number of rotatable bonds is 4. The minimum absolute atomic E-state index is 0.161. The van der Waals surface area contributed by atoms with Crippen LogP contribution in [-0.2, 0) is 28.8 Å². The van der Waals surface area contributed by atoms with E-state index < -0.39 is 71.1 Å². The van der Waals surface area contributed by atoms with E-state index in [4.69, 9.17) is 0 Å². The van der Waals surface area contributed by atoms with E-state index in [1.807, 2.05) is 0 Å². The minimum Gasteiger partial charge on any atom is -0.481 e. The van der Waals surface area contributed by atoms with Crippen molar-refractivity contribution >= 4 is 46.9 Å². The molecule has 10 heteroatoms. The Bertz CT molecular complexity index is 1100. The molecule has 4 amide bonds. The molecule has 0 bridgehead atoms. The Kier molecular flexibility index (Phi) is 4.82. The van der Waals surface area contributed by atoms with Gasteiger partial charge >= 0.3 is 11.9 Å². The third-order valence-corrected chi connectivity index (χ3v) is 6.94. The van der Waals surface area contributed by atoms with E-state index in [2.05, 4.69) is 0 Å². The van der Waals surface area contributed by atoms with Crippen LogP contribution >= 0.6 is 0 Å². The molecule has 4 unspecified atom stereocenters. The van der Waals surface area contributed by atoms with Crippen LogP contribution in [0.3, 0.4) is 0 Å². The summed E-state index contributed by atoms with van der Waals surface area (Å²) in [4.78, 5) is 79.9. The fraction of sp³-hybridized carbons (Fsp3) is 0.250. The Morgan fingerprint density at radius 3 is 1.03 bits per heavy atom. The van der Waals surface area contributed by atoms with Gasteiger partial charge < -0.3 is 10.2 Å². The van der Waals surface area contributed by atoms with Gasteiger partial charge in [0.2, 0.25) is 23.6 Å². The van der Waals surface area contributed by atoms with Crippen molar-refractivity contribution in [1.29, 1.82) is 0 Å². The van der Waals surface area contributed by atoms with Crippen LogP contribution in [0.5, 0.6) is 0 Å². The minimum atomic E-state index is -1.74. The van der Waals surface area contributed by atoms with E-state index in [0.29, 0.717) is 0 Å². The summed E-state index contributed by atoms with van der Waals surface area (Å²) < 4.78 is 0. The summed E-state index contributed by atoms with van der Waals surface area (Å²) >= 11 is 0. The smallest absolute Gasteiger partial charge is 0.308 e. The van der Waals surface area contributed by atoms with Crippen molar-refractivity contribution in [3.63, 3.8) is 0 Å². The fourth-order valence-corrected chi connectivity index (χ4v) is 5.66. The number of nitrogens with zero attached hydrogens (tertiary/aromatic N) is 2.